The van der Waals surface area contributed by atoms with Crippen LogP contribution in [0, 0.1) is 0 Å². The van der Waals surface area contributed by atoms with Crippen molar-refractivity contribution >= 4 is 22.6 Å². The number of carbonyl (C=O) groups is 1. The fraction of sp³-hybridized carbons (Fsp3) is 0.500. The standard InChI is InChI=1S/C18H23N5O/c1-21-9-11-22(12-10-21)18(24)16-7-4-8-23(16)17-14-5-2-3-6-15(14)19-13-20-17/h2-3,5-6,13,16H,4,7-12H2,1H3. The number of para-hydroxylation sites is 1. The fourth-order valence-electron chi connectivity index (χ4n) is 3.73. The number of carbonyl (C=O) groups excluding carboxylic acids is 1. The molecule has 0 bridgehead atoms. The maximum atomic E-state index is 13.0. The molecular formula is C18H23N5O. The van der Waals surface area contributed by atoms with Crippen LogP contribution in [0.25, 0.3) is 10.9 Å². The molecule has 1 aromatic heterocycles. The van der Waals surface area contributed by atoms with Crippen molar-refractivity contribution in [3.8, 4) is 0 Å². The van der Waals surface area contributed by atoms with Gasteiger partial charge < -0.3 is 14.7 Å². The predicted octanol–water partition coefficient (Wildman–Crippen LogP) is 1.37. The Morgan fingerprint density at radius 2 is 1.88 bits per heavy atom. The topological polar surface area (TPSA) is 52.6 Å². The number of piperazine rings is 1. The lowest BCUT2D eigenvalue weighted by Crippen LogP contribution is -2.53. The zero-order valence-corrected chi connectivity index (χ0v) is 14.1. The van der Waals surface area contributed by atoms with Crippen LogP contribution in [0.4, 0.5) is 5.82 Å². The molecule has 0 aliphatic carbocycles. The molecule has 0 spiro atoms. The number of aromatic nitrogens is 2. The molecule has 24 heavy (non-hydrogen) atoms. The highest BCUT2D eigenvalue weighted by molar-refractivity contribution is 5.93. The molecule has 2 fully saturated rings. The monoisotopic (exact) mass is 325 g/mol. The molecule has 1 unspecified atom stereocenters. The molecule has 0 radical (unpaired) electrons. The summed E-state index contributed by atoms with van der Waals surface area (Å²) < 4.78 is 0. The first-order valence-corrected chi connectivity index (χ1v) is 8.68. The van der Waals surface area contributed by atoms with Crippen LogP contribution in [0.5, 0.6) is 0 Å². The molecule has 1 amide bonds. The second-order valence-electron chi connectivity index (χ2n) is 6.69. The molecule has 4 rings (SSSR count). The van der Waals surface area contributed by atoms with Crippen molar-refractivity contribution in [2.45, 2.75) is 18.9 Å². The first-order valence-electron chi connectivity index (χ1n) is 8.68. The van der Waals surface area contributed by atoms with Gasteiger partial charge in [-0.2, -0.15) is 0 Å². The zero-order chi connectivity index (χ0) is 16.5. The van der Waals surface area contributed by atoms with Gasteiger partial charge in [0.05, 0.1) is 5.52 Å². The third-order valence-corrected chi connectivity index (χ3v) is 5.15. The minimum Gasteiger partial charge on any atom is -0.344 e. The summed E-state index contributed by atoms with van der Waals surface area (Å²) in [5.74, 6) is 1.15. The molecule has 1 aromatic carbocycles. The molecular weight excluding hydrogens is 302 g/mol. The van der Waals surface area contributed by atoms with E-state index in [9.17, 15) is 4.79 Å². The molecule has 2 saturated heterocycles. The number of nitrogens with zero attached hydrogens (tertiary/aromatic N) is 5. The Balaban J connectivity index is 1.61. The SMILES string of the molecule is CN1CCN(C(=O)C2CCCN2c2ncnc3ccccc23)CC1. The predicted molar refractivity (Wildman–Crippen MR) is 94.0 cm³/mol. The van der Waals surface area contributed by atoms with Gasteiger partial charge in [0, 0.05) is 38.1 Å². The van der Waals surface area contributed by atoms with Crippen molar-refractivity contribution < 1.29 is 4.79 Å². The van der Waals surface area contributed by atoms with E-state index < -0.39 is 0 Å². The molecule has 2 aliphatic heterocycles. The number of hydrogen-bond donors (Lipinski definition) is 0. The van der Waals surface area contributed by atoms with E-state index >= 15 is 0 Å². The number of hydrogen-bond acceptors (Lipinski definition) is 5. The van der Waals surface area contributed by atoms with Gasteiger partial charge in [-0.1, -0.05) is 12.1 Å². The number of amides is 1. The van der Waals surface area contributed by atoms with E-state index in [-0.39, 0.29) is 11.9 Å². The van der Waals surface area contributed by atoms with Crippen LogP contribution in [0.15, 0.2) is 30.6 Å². The third kappa shape index (κ3) is 2.71. The minimum atomic E-state index is -0.0910. The Bertz CT molecular complexity index is 736. The highest BCUT2D eigenvalue weighted by Gasteiger charge is 2.35. The molecule has 2 aliphatic rings. The van der Waals surface area contributed by atoms with Gasteiger partial charge in [-0.25, -0.2) is 9.97 Å². The molecule has 2 aromatic rings. The molecule has 6 heteroatoms. The van der Waals surface area contributed by atoms with E-state index in [0.29, 0.717) is 0 Å². The van der Waals surface area contributed by atoms with Crippen LogP contribution < -0.4 is 4.90 Å². The van der Waals surface area contributed by atoms with Crippen molar-refractivity contribution in [2.24, 2.45) is 0 Å². The minimum absolute atomic E-state index is 0.0910. The Morgan fingerprint density at radius 3 is 2.71 bits per heavy atom. The van der Waals surface area contributed by atoms with E-state index in [1.807, 2.05) is 29.2 Å². The van der Waals surface area contributed by atoms with E-state index in [1.165, 1.54) is 0 Å². The van der Waals surface area contributed by atoms with Gasteiger partial charge in [0.1, 0.15) is 18.2 Å². The smallest absolute Gasteiger partial charge is 0.245 e. The molecule has 6 nitrogen and oxygen atoms in total. The van der Waals surface area contributed by atoms with Crippen molar-refractivity contribution in [3.05, 3.63) is 30.6 Å². The number of fused-ring (bicyclic) bond motifs is 1. The summed E-state index contributed by atoms with van der Waals surface area (Å²) in [6, 6.07) is 7.93. The van der Waals surface area contributed by atoms with Gasteiger partial charge >= 0.3 is 0 Å². The summed E-state index contributed by atoms with van der Waals surface area (Å²) in [5.41, 5.74) is 0.931. The lowest BCUT2D eigenvalue weighted by molar-refractivity contribution is -0.134. The molecule has 1 atom stereocenters. The van der Waals surface area contributed by atoms with E-state index in [2.05, 4.69) is 26.8 Å². The highest BCUT2D eigenvalue weighted by Crippen LogP contribution is 2.30. The third-order valence-electron chi connectivity index (χ3n) is 5.15. The lowest BCUT2D eigenvalue weighted by atomic mass is 10.1. The molecule has 126 valence electrons. The van der Waals surface area contributed by atoms with E-state index in [4.69, 9.17) is 0 Å². The summed E-state index contributed by atoms with van der Waals surface area (Å²) in [6.07, 6.45) is 3.54. The van der Waals surface area contributed by atoms with Crippen molar-refractivity contribution in [2.75, 3.05) is 44.7 Å². The summed E-state index contributed by atoms with van der Waals surface area (Å²) in [5, 5.41) is 1.03. The zero-order valence-electron chi connectivity index (χ0n) is 14.1. The fourth-order valence-corrected chi connectivity index (χ4v) is 3.73. The quantitative estimate of drug-likeness (QED) is 0.835. The number of rotatable bonds is 2. The summed E-state index contributed by atoms with van der Waals surface area (Å²) >= 11 is 0. The van der Waals surface area contributed by atoms with Crippen LogP contribution in [-0.4, -0.2) is 71.5 Å². The first kappa shape index (κ1) is 15.3. The maximum absolute atomic E-state index is 13.0. The van der Waals surface area contributed by atoms with Crippen LogP contribution in [0.1, 0.15) is 12.8 Å². The van der Waals surface area contributed by atoms with Gasteiger partial charge in [0.2, 0.25) is 5.91 Å². The maximum Gasteiger partial charge on any atom is 0.245 e. The Kier molecular flexibility index (Phi) is 4.06. The number of anilines is 1. The second kappa shape index (κ2) is 6.36. The van der Waals surface area contributed by atoms with Gasteiger partial charge in [0.15, 0.2) is 0 Å². The first-order chi connectivity index (χ1) is 11.7. The summed E-state index contributed by atoms with van der Waals surface area (Å²) in [6.45, 7) is 4.43. The van der Waals surface area contributed by atoms with E-state index in [0.717, 1.165) is 62.3 Å². The molecule has 0 saturated carbocycles. The van der Waals surface area contributed by atoms with E-state index in [1.54, 1.807) is 6.33 Å². The van der Waals surface area contributed by atoms with Crippen molar-refractivity contribution in [3.63, 3.8) is 0 Å². The molecule has 3 heterocycles. The average Bonchev–Trinajstić information content (AvgIpc) is 3.11. The summed E-state index contributed by atoms with van der Waals surface area (Å²) in [4.78, 5) is 28.4. The van der Waals surface area contributed by atoms with Crippen LogP contribution >= 0.6 is 0 Å². The Labute approximate surface area is 142 Å². The van der Waals surface area contributed by atoms with Gasteiger partial charge in [0.25, 0.3) is 0 Å². The highest BCUT2D eigenvalue weighted by atomic mass is 16.2. The van der Waals surface area contributed by atoms with Crippen LogP contribution in [0.2, 0.25) is 0 Å². The normalized spacial score (nSPS) is 22.3. The van der Waals surface area contributed by atoms with Gasteiger partial charge in [-0.05, 0) is 32.0 Å². The Morgan fingerprint density at radius 1 is 1.08 bits per heavy atom. The van der Waals surface area contributed by atoms with Crippen molar-refractivity contribution in [1.82, 2.24) is 19.8 Å². The van der Waals surface area contributed by atoms with Gasteiger partial charge in [-0.15, -0.1) is 0 Å². The summed E-state index contributed by atoms with van der Waals surface area (Å²) in [7, 11) is 2.11. The number of benzene rings is 1. The number of likely N-dealkylation sites (N-methyl/N-ethyl adjacent to an activating group) is 1. The lowest BCUT2D eigenvalue weighted by Gasteiger charge is -2.36. The van der Waals surface area contributed by atoms with Crippen LogP contribution in [-0.2, 0) is 4.79 Å². The van der Waals surface area contributed by atoms with Crippen LogP contribution in [0.3, 0.4) is 0 Å². The second-order valence-corrected chi connectivity index (χ2v) is 6.69. The average molecular weight is 325 g/mol. The Hall–Kier alpha value is -2.21. The van der Waals surface area contributed by atoms with Crippen molar-refractivity contribution in [1.29, 1.82) is 0 Å². The molecule has 0 N–H and O–H groups in total. The van der Waals surface area contributed by atoms with Gasteiger partial charge in [-0.3, -0.25) is 4.79 Å². The largest absolute Gasteiger partial charge is 0.344 e.